The molecule has 8 nitrogen and oxygen atoms in total. The molecule has 0 radical (unpaired) electrons. The number of hydrogen-bond acceptors (Lipinski definition) is 8. The zero-order chi connectivity index (χ0) is 32.7. The molecule has 246 valence electrons. The normalized spacial score (nSPS) is 19.0. The van der Waals surface area contributed by atoms with Crippen LogP contribution in [-0.4, -0.2) is 64.9 Å². The number of fused-ring (bicyclic) bond motifs is 2. The second-order valence-electron chi connectivity index (χ2n) is 12.7. The second-order valence-corrected chi connectivity index (χ2v) is 12.7. The Morgan fingerprint density at radius 1 is 0.681 bits per heavy atom. The maximum absolute atomic E-state index is 7.09. The smallest absolute Gasteiger partial charge is 0.204 e. The van der Waals surface area contributed by atoms with Gasteiger partial charge >= 0.3 is 0 Å². The minimum absolute atomic E-state index is 0.000721. The van der Waals surface area contributed by atoms with Gasteiger partial charge in [-0.1, -0.05) is 18.2 Å². The van der Waals surface area contributed by atoms with E-state index in [2.05, 4.69) is 78.5 Å². The summed E-state index contributed by atoms with van der Waals surface area (Å²) in [6.07, 6.45) is 3.38. The van der Waals surface area contributed by atoms with E-state index in [1.54, 1.807) is 21.3 Å². The Balaban J connectivity index is 1.47. The van der Waals surface area contributed by atoms with Gasteiger partial charge in [-0.15, -0.1) is 0 Å². The molecule has 0 N–H and O–H groups in total. The Labute approximate surface area is 277 Å². The van der Waals surface area contributed by atoms with Crippen LogP contribution in [0.2, 0.25) is 0 Å². The number of methoxy groups -OCH3 is 3. The minimum atomic E-state index is 0.000721. The number of hydrogen-bond donors (Lipinski definition) is 0. The van der Waals surface area contributed by atoms with E-state index in [9.17, 15) is 0 Å². The molecule has 0 fully saturated rings. The fraction of sp³-hybridized carbons (Fsp3) is 0.385. The Morgan fingerprint density at radius 2 is 1.32 bits per heavy atom. The predicted octanol–water partition coefficient (Wildman–Crippen LogP) is 7.55. The van der Waals surface area contributed by atoms with E-state index < -0.39 is 0 Å². The molecule has 4 heterocycles. The fourth-order valence-electron chi connectivity index (χ4n) is 7.36. The van der Waals surface area contributed by atoms with Crippen molar-refractivity contribution in [3.05, 3.63) is 94.0 Å². The average Bonchev–Trinajstić information content (AvgIpc) is 3.08. The summed E-state index contributed by atoms with van der Waals surface area (Å²) in [5.41, 5.74) is 7.18. The summed E-state index contributed by atoms with van der Waals surface area (Å²) in [7, 11) is 9.46. The summed E-state index contributed by atoms with van der Waals surface area (Å²) in [6, 6.07) is 21.3. The zero-order valence-electron chi connectivity index (χ0n) is 28.2. The molecule has 2 atom stereocenters. The third kappa shape index (κ3) is 5.85. The van der Waals surface area contributed by atoms with Crippen molar-refractivity contribution in [3.63, 3.8) is 0 Å². The van der Waals surface area contributed by atoms with Crippen LogP contribution in [0.1, 0.15) is 52.4 Å². The van der Waals surface area contributed by atoms with Gasteiger partial charge in [-0.3, -0.25) is 9.80 Å². The minimum Gasteiger partial charge on any atom is -0.493 e. The zero-order valence-corrected chi connectivity index (χ0v) is 28.2. The van der Waals surface area contributed by atoms with Crippen LogP contribution in [0, 0.1) is 0 Å². The first-order valence-electron chi connectivity index (χ1n) is 16.5. The Morgan fingerprint density at radius 3 is 2.04 bits per heavy atom. The third-order valence-corrected chi connectivity index (χ3v) is 9.93. The molecule has 6 bridgehead atoms. The molecule has 0 saturated heterocycles. The van der Waals surface area contributed by atoms with Crippen molar-refractivity contribution in [1.82, 2.24) is 9.80 Å². The van der Waals surface area contributed by atoms with Crippen LogP contribution in [0.25, 0.3) is 0 Å². The summed E-state index contributed by atoms with van der Waals surface area (Å²) in [6.45, 7) is 4.32. The maximum atomic E-state index is 7.09. The van der Waals surface area contributed by atoms with Crippen molar-refractivity contribution in [3.8, 4) is 46.0 Å². The molecule has 0 unspecified atom stereocenters. The lowest BCUT2D eigenvalue weighted by Gasteiger charge is -2.37. The molecular formula is C39H44N2O6. The molecule has 0 spiro atoms. The summed E-state index contributed by atoms with van der Waals surface area (Å²) in [4.78, 5) is 4.83. The first-order chi connectivity index (χ1) is 22.9. The summed E-state index contributed by atoms with van der Waals surface area (Å²) in [5, 5.41) is 0. The Hall–Kier alpha value is -4.40. The quantitative estimate of drug-likeness (QED) is 0.223. The van der Waals surface area contributed by atoms with Gasteiger partial charge in [-0.25, -0.2) is 0 Å². The van der Waals surface area contributed by atoms with Gasteiger partial charge in [0.05, 0.1) is 27.9 Å². The van der Waals surface area contributed by atoms with Crippen LogP contribution in [-0.2, 0) is 25.7 Å². The first-order valence-corrected chi connectivity index (χ1v) is 16.5. The number of rotatable bonds is 5. The monoisotopic (exact) mass is 636 g/mol. The van der Waals surface area contributed by atoms with Crippen molar-refractivity contribution in [1.29, 1.82) is 0 Å². The molecule has 4 aromatic carbocycles. The van der Waals surface area contributed by atoms with Gasteiger partial charge in [-0.05, 0) is 117 Å². The van der Waals surface area contributed by atoms with Crippen LogP contribution < -0.4 is 28.4 Å². The van der Waals surface area contributed by atoms with Crippen molar-refractivity contribution >= 4 is 0 Å². The molecule has 0 aromatic heterocycles. The second kappa shape index (κ2) is 13.0. The van der Waals surface area contributed by atoms with Gasteiger partial charge in [0.1, 0.15) is 5.75 Å². The summed E-state index contributed by atoms with van der Waals surface area (Å²) < 4.78 is 37.6. The lowest BCUT2D eigenvalue weighted by Crippen LogP contribution is -2.34. The molecule has 0 aliphatic carbocycles. The van der Waals surface area contributed by atoms with Gasteiger partial charge in [0.15, 0.2) is 34.5 Å². The van der Waals surface area contributed by atoms with E-state index in [1.165, 1.54) is 22.3 Å². The lowest BCUT2D eigenvalue weighted by molar-refractivity contribution is 0.218. The number of ether oxygens (including phenoxy) is 6. The SMILES string of the molecule is CCOc1c(OC)cc2c3c1Oc1cc4c(cc1OC)CCN(C)[C@H]4Cc1ccc(cc1)Oc1cc(ccc1OC)C[C@@H]3N(C)CC2. The van der Waals surface area contributed by atoms with E-state index in [4.69, 9.17) is 28.4 Å². The van der Waals surface area contributed by atoms with Gasteiger partial charge < -0.3 is 28.4 Å². The van der Waals surface area contributed by atoms with Crippen molar-refractivity contribution in [2.75, 3.05) is 55.1 Å². The van der Waals surface area contributed by atoms with E-state index >= 15 is 0 Å². The summed E-state index contributed by atoms with van der Waals surface area (Å²) in [5.74, 6) is 5.50. The van der Waals surface area contributed by atoms with Gasteiger partial charge in [0, 0.05) is 30.7 Å². The molecule has 47 heavy (non-hydrogen) atoms. The van der Waals surface area contributed by atoms with Crippen LogP contribution in [0.15, 0.2) is 60.7 Å². The topological polar surface area (TPSA) is 61.9 Å². The molecule has 4 aliphatic heterocycles. The average molecular weight is 637 g/mol. The highest BCUT2D eigenvalue weighted by atomic mass is 16.6. The highest BCUT2D eigenvalue weighted by Gasteiger charge is 2.35. The highest BCUT2D eigenvalue weighted by Crippen LogP contribution is 2.52. The van der Waals surface area contributed by atoms with E-state index in [0.29, 0.717) is 46.9 Å². The standard InChI is InChI=1S/C39H44N2O6/c1-7-45-38-36(44-6)22-27-15-17-41(3)31-19-25-10-13-32(42-4)34(20-25)46-28-11-8-24(9-12-28)18-30-29-23-35(47-39(38)37(27)31)33(43-5)21-26(29)14-16-40(30)2/h8-13,20-23,30-31H,7,14-19H2,1-6H3/t30-,31-/m0/s1. The van der Waals surface area contributed by atoms with Gasteiger partial charge in [0.2, 0.25) is 5.75 Å². The van der Waals surface area contributed by atoms with Crippen molar-refractivity contribution < 1.29 is 28.4 Å². The van der Waals surface area contributed by atoms with Gasteiger partial charge in [-0.2, -0.15) is 0 Å². The summed E-state index contributed by atoms with van der Waals surface area (Å²) >= 11 is 0. The number of benzene rings is 4. The van der Waals surface area contributed by atoms with Crippen molar-refractivity contribution in [2.45, 2.75) is 44.7 Å². The number of nitrogens with zero attached hydrogens (tertiary/aromatic N) is 2. The Bertz CT molecular complexity index is 1770. The molecule has 4 aromatic rings. The van der Waals surface area contributed by atoms with Crippen LogP contribution in [0.5, 0.6) is 46.0 Å². The van der Waals surface area contributed by atoms with Gasteiger partial charge in [0.25, 0.3) is 0 Å². The van der Waals surface area contributed by atoms with Crippen LogP contribution in [0.4, 0.5) is 0 Å². The maximum Gasteiger partial charge on any atom is 0.204 e. The van der Waals surface area contributed by atoms with Crippen LogP contribution in [0.3, 0.4) is 0 Å². The van der Waals surface area contributed by atoms with Crippen molar-refractivity contribution in [2.24, 2.45) is 0 Å². The molecular weight excluding hydrogens is 592 g/mol. The molecule has 0 amide bonds. The molecule has 0 saturated carbocycles. The Kier molecular flexibility index (Phi) is 8.64. The predicted molar refractivity (Wildman–Crippen MR) is 182 cm³/mol. The largest absolute Gasteiger partial charge is 0.493 e. The third-order valence-electron chi connectivity index (χ3n) is 9.93. The van der Waals surface area contributed by atoms with E-state index in [-0.39, 0.29) is 12.1 Å². The fourth-order valence-corrected chi connectivity index (χ4v) is 7.36. The van der Waals surface area contributed by atoms with E-state index in [0.717, 1.165) is 55.6 Å². The van der Waals surface area contributed by atoms with Crippen LogP contribution >= 0.6 is 0 Å². The first kappa shape index (κ1) is 31.2. The molecule has 8 rings (SSSR count). The molecule has 8 heteroatoms. The van der Waals surface area contributed by atoms with E-state index in [1.807, 2.05) is 13.0 Å². The lowest BCUT2D eigenvalue weighted by atomic mass is 9.87. The molecule has 4 aliphatic rings. The number of likely N-dealkylation sites (N-methyl/N-ethyl adjacent to an activating group) is 2. The highest BCUT2D eigenvalue weighted by molar-refractivity contribution is 5.64.